The number of ether oxygens (including phenoxy) is 3. The molecule has 30 heavy (non-hydrogen) atoms. The summed E-state index contributed by atoms with van der Waals surface area (Å²) in [6, 6.07) is 13.3. The van der Waals surface area contributed by atoms with Gasteiger partial charge in [0.1, 0.15) is 23.9 Å². The van der Waals surface area contributed by atoms with Gasteiger partial charge in [0, 0.05) is 17.2 Å². The van der Waals surface area contributed by atoms with Gasteiger partial charge in [0.05, 0.1) is 13.7 Å². The van der Waals surface area contributed by atoms with Crippen LogP contribution in [0.2, 0.25) is 0 Å². The van der Waals surface area contributed by atoms with Crippen LogP contribution in [0.4, 0.5) is 0 Å². The third-order valence-corrected chi connectivity index (χ3v) is 5.52. The molecule has 1 N–H and O–H groups in total. The summed E-state index contributed by atoms with van der Waals surface area (Å²) < 4.78 is 16.9. The van der Waals surface area contributed by atoms with E-state index in [1.807, 2.05) is 49.4 Å². The molecule has 1 saturated carbocycles. The lowest BCUT2D eigenvalue weighted by Crippen LogP contribution is -2.35. The molecule has 0 spiro atoms. The largest absolute Gasteiger partial charge is 0.497 e. The van der Waals surface area contributed by atoms with Gasteiger partial charge >= 0.3 is 0 Å². The average molecular weight is 412 g/mol. The number of nitrogens with one attached hydrogen (secondary N) is 1. The molecule has 5 nitrogen and oxygen atoms in total. The number of carbonyl (C=O) groups is 1. The summed E-state index contributed by atoms with van der Waals surface area (Å²) in [5.74, 6) is 2.25. The molecule has 0 bridgehead atoms. The van der Waals surface area contributed by atoms with Gasteiger partial charge in [-0.15, -0.1) is 0 Å². The van der Waals surface area contributed by atoms with Crippen LogP contribution in [0.1, 0.15) is 67.8 Å². The first-order valence-electron chi connectivity index (χ1n) is 11.0. The molecule has 5 heteroatoms. The molecule has 1 aliphatic carbocycles. The molecule has 0 saturated heterocycles. The van der Waals surface area contributed by atoms with E-state index in [0.29, 0.717) is 18.8 Å². The zero-order valence-corrected chi connectivity index (χ0v) is 18.1. The zero-order chi connectivity index (χ0) is 21.2. The number of hydrogen-bond donors (Lipinski definition) is 1. The third-order valence-electron chi connectivity index (χ3n) is 5.52. The first kappa shape index (κ1) is 22.0. The standard InChI is InChI=1S/C25H33NO4/c1-3-29-24-16-11-19(25(27)26-21-9-7-5-4-6-8-10-21)17-20(24)18-30-23-14-12-22(28-2)13-15-23/h11-17,21H,3-10,18H2,1-2H3,(H,26,27). The summed E-state index contributed by atoms with van der Waals surface area (Å²) in [5, 5.41) is 3.23. The lowest BCUT2D eigenvalue weighted by atomic mass is 9.96. The van der Waals surface area contributed by atoms with E-state index >= 15 is 0 Å². The van der Waals surface area contributed by atoms with Gasteiger partial charge < -0.3 is 19.5 Å². The molecule has 2 aromatic carbocycles. The smallest absolute Gasteiger partial charge is 0.251 e. The fourth-order valence-electron chi connectivity index (χ4n) is 3.83. The van der Waals surface area contributed by atoms with Crippen molar-refractivity contribution < 1.29 is 19.0 Å². The van der Waals surface area contributed by atoms with Crippen LogP contribution in [0.5, 0.6) is 17.2 Å². The Bertz CT molecular complexity index is 795. The van der Waals surface area contributed by atoms with E-state index in [9.17, 15) is 4.79 Å². The minimum absolute atomic E-state index is 0.0191. The van der Waals surface area contributed by atoms with Crippen LogP contribution >= 0.6 is 0 Å². The van der Waals surface area contributed by atoms with Crippen molar-refractivity contribution in [1.82, 2.24) is 5.32 Å². The zero-order valence-electron chi connectivity index (χ0n) is 18.1. The van der Waals surface area contributed by atoms with E-state index in [1.165, 1.54) is 32.1 Å². The van der Waals surface area contributed by atoms with Crippen molar-refractivity contribution >= 4 is 5.91 Å². The van der Waals surface area contributed by atoms with Gasteiger partial charge in [0.15, 0.2) is 0 Å². The second-order valence-corrected chi connectivity index (χ2v) is 7.74. The number of rotatable bonds is 8. The molecule has 3 rings (SSSR count). The van der Waals surface area contributed by atoms with Crippen molar-refractivity contribution in [3.63, 3.8) is 0 Å². The van der Waals surface area contributed by atoms with E-state index in [1.54, 1.807) is 7.11 Å². The minimum atomic E-state index is -0.0191. The van der Waals surface area contributed by atoms with Crippen molar-refractivity contribution in [2.45, 2.75) is 64.5 Å². The van der Waals surface area contributed by atoms with E-state index < -0.39 is 0 Å². The Balaban J connectivity index is 1.68. The molecule has 0 aliphatic heterocycles. The SMILES string of the molecule is CCOc1ccc(C(=O)NC2CCCCCCC2)cc1COc1ccc(OC)cc1. The number of hydrogen-bond acceptors (Lipinski definition) is 4. The Labute approximate surface area is 179 Å². The van der Waals surface area contributed by atoms with Crippen LogP contribution in [0.3, 0.4) is 0 Å². The molecule has 2 aromatic rings. The first-order valence-corrected chi connectivity index (χ1v) is 11.0. The van der Waals surface area contributed by atoms with Crippen molar-refractivity contribution in [1.29, 1.82) is 0 Å². The van der Waals surface area contributed by atoms with Gasteiger partial charge in [-0.3, -0.25) is 4.79 Å². The van der Waals surface area contributed by atoms with Crippen LogP contribution in [0.25, 0.3) is 0 Å². The minimum Gasteiger partial charge on any atom is -0.497 e. The van der Waals surface area contributed by atoms with Crippen LogP contribution < -0.4 is 19.5 Å². The molecule has 1 fully saturated rings. The van der Waals surface area contributed by atoms with E-state index in [2.05, 4.69) is 5.32 Å². The second-order valence-electron chi connectivity index (χ2n) is 7.74. The average Bonchev–Trinajstić information content (AvgIpc) is 2.75. The molecule has 162 valence electrons. The highest BCUT2D eigenvalue weighted by molar-refractivity contribution is 5.94. The number of amides is 1. The summed E-state index contributed by atoms with van der Waals surface area (Å²) in [4.78, 5) is 12.9. The van der Waals surface area contributed by atoms with Crippen LogP contribution in [-0.4, -0.2) is 25.7 Å². The van der Waals surface area contributed by atoms with Crippen molar-refractivity contribution in [3.05, 3.63) is 53.6 Å². The van der Waals surface area contributed by atoms with Gasteiger partial charge in [-0.05, 0) is 62.2 Å². The highest BCUT2D eigenvalue weighted by Crippen LogP contribution is 2.24. The Morgan fingerprint density at radius 1 is 0.933 bits per heavy atom. The highest BCUT2D eigenvalue weighted by atomic mass is 16.5. The highest BCUT2D eigenvalue weighted by Gasteiger charge is 2.17. The Morgan fingerprint density at radius 2 is 1.60 bits per heavy atom. The molecular formula is C25H33NO4. The molecule has 1 aliphatic rings. The lowest BCUT2D eigenvalue weighted by Gasteiger charge is -2.21. The maximum atomic E-state index is 12.9. The normalized spacial score (nSPS) is 15.0. The molecule has 0 atom stereocenters. The molecule has 0 radical (unpaired) electrons. The predicted octanol–water partition coefficient (Wildman–Crippen LogP) is 5.52. The lowest BCUT2D eigenvalue weighted by molar-refractivity contribution is 0.0930. The van der Waals surface area contributed by atoms with Crippen molar-refractivity contribution in [2.75, 3.05) is 13.7 Å². The first-order chi connectivity index (χ1) is 14.7. The Morgan fingerprint density at radius 3 is 2.27 bits per heavy atom. The summed E-state index contributed by atoms with van der Waals surface area (Å²) in [5.41, 5.74) is 1.51. The van der Waals surface area contributed by atoms with Gasteiger partial charge in [-0.1, -0.05) is 32.1 Å². The van der Waals surface area contributed by atoms with Crippen LogP contribution in [0.15, 0.2) is 42.5 Å². The van der Waals surface area contributed by atoms with E-state index in [-0.39, 0.29) is 11.9 Å². The van der Waals surface area contributed by atoms with Gasteiger partial charge in [-0.25, -0.2) is 0 Å². The van der Waals surface area contributed by atoms with Gasteiger partial charge in [0.2, 0.25) is 0 Å². The topological polar surface area (TPSA) is 56.8 Å². The summed E-state index contributed by atoms with van der Waals surface area (Å²) in [7, 11) is 1.64. The molecule has 0 heterocycles. The van der Waals surface area contributed by atoms with Gasteiger partial charge in [0.25, 0.3) is 5.91 Å². The predicted molar refractivity (Wildman–Crippen MR) is 119 cm³/mol. The summed E-state index contributed by atoms with van der Waals surface area (Å²) in [6.07, 6.45) is 8.36. The van der Waals surface area contributed by atoms with Gasteiger partial charge in [-0.2, -0.15) is 0 Å². The maximum absolute atomic E-state index is 12.9. The monoisotopic (exact) mass is 411 g/mol. The quantitative estimate of drug-likeness (QED) is 0.622. The number of methoxy groups -OCH3 is 1. The van der Waals surface area contributed by atoms with Crippen molar-refractivity contribution in [3.8, 4) is 17.2 Å². The van der Waals surface area contributed by atoms with Crippen molar-refractivity contribution in [2.24, 2.45) is 0 Å². The summed E-state index contributed by atoms with van der Waals surface area (Å²) >= 11 is 0. The summed E-state index contributed by atoms with van der Waals surface area (Å²) in [6.45, 7) is 2.83. The Kier molecular flexibility index (Phi) is 8.42. The fraction of sp³-hybridized carbons (Fsp3) is 0.480. The van der Waals surface area contributed by atoms with Crippen LogP contribution in [0, 0.1) is 0 Å². The fourth-order valence-corrected chi connectivity index (χ4v) is 3.83. The van der Waals surface area contributed by atoms with E-state index in [0.717, 1.165) is 35.7 Å². The molecular weight excluding hydrogens is 378 g/mol. The Hall–Kier alpha value is -2.69. The third kappa shape index (κ3) is 6.41. The second kappa shape index (κ2) is 11.5. The number of carbonyl (C=O) groups excluding carboxylic acids is 1. The molecule has 0 aromatic heterocycles. The molecule has 0 unspecified atom stereocenters. The van der Waals surface area contributed by atoms with E-state index in [4.69, 9.17) is 14.2 Å². The molecule has 1 amide bonds. The van der Waals surface area contributed by atoms with Crippen LogP contribution in [-0.2, 0) is 6.61 Å². The number of benzene rings is 2. The maximum Gasteiger partial charge on any atom is 0.251 e.